The first-order valence-corrected chi connectivity index (χ1v) is 7.78. The zero-order valence-corrected chi connectivity index (χ0v) is 14.0. The molecule has 2 nitrogen and oxygen atoms in total. The van der Waals surface area contributed by atoms with Crippen LogP contribution >= 0.6 is 15.9 Å². The highest BCUT2D eigenvalue weighted by atomic mass is 79.9. The summed E-state index contributed by atoms with van der Waals surface area (Å²) in [5.74, 6) is 13.8. The van der Waals surface area contributed by atoms with E-state index in [1.165, 1.54) is 0 Å². The predicted molar refractivity (Wildman–Crippen MR) is 92.6 cm³/mol. The molecule has 0 atom stereocenters. The topological polar surface area (TPSA) is 18.5 Å². The summed E-state index contributed by atoms with van der Waals surface area (Å²) in [6.45, 7) is 0. The van der Waals surface area contributed by atoms with Crippen molar-refractivity contribution in [3.05, 3.63) is 59.2 Å². The second-order valence-corrected chi connectivity index (χ2v) is 4.89. The summed E-state index contributed by atoms with van der Waals surface area (Å²) in [5.41, 5.74) is 2.65. The minimum Gasteiger partial charge on any atom is -0.497 e. The lowest BCUT2D eigenvalue weighted by atomic mass is 10.1. The number of hydrogen-bond donors (Lipinski definition) is 0. The van der Waals surface area contributed by atoms with E-state index in [4.69, 9.17) is 9.47 Å². The molecule has 0 aliphatic rings. The zero-order valence-electron chi connectivity index (χ0n) is 12.4. The molecule has 0 radical (unpaired) electrons. The molecule has 0 unspecified atom stereocenters. The Morgan fingerprint density at radius 1 is 0.864 bits per heavy atom. The Kier molecular flexibility index (Phi) is 5.95. The van der Waals surface area contributed by atoms with E-state index in [0.717, 1.165) is 28.2 Å². The Labute approximate surface area is 139 Å². The molecular formula is C19H15BrO2. The Morgan fingerprint density at radius 2 is 1.45 bits per heavy atom. The highest BCUT2D eigenvalue weighted by Gasteiger charge is 2.00. The van der Waals surface area contributed by atoms with Crippen molar-refractivity contribution >= 4 is 15.9 Å². The SMILES string of the molecule is COc1cc(C#Cc2ccccc2C#CCBr)cc(OC)c1. The fourth-order valence-corrected chi connectivity index (χ4v) is 1.99. The Morgan fingerprint density at radius 3 is 2.00 bits per heavy atom. The third-order valence-corrected chi connectivity index (χ3v) is 3.19. The Bertz CT molecular complexity index is 751. The molecule has 0 aliphatic heterocycles. The molecule has 0 amide bonds. The first-order valence-electron chi connectivity index (χ1n) is 6.65. The van der Waals surface area contributed by atoms with E-state index in [0.29, 0.717) is 5.33 Å². The van der Waals surface area contributed by atoms with E-state index >= 15 is 0 Å². The van der Waals surface area contributed by atoms with Gasteiger partial charge < -0.3 is 9.47 Å². The van der Waals surface area contributed by atoms with E-state index in [2.05, 4.69) is 39.6 Å². The molecular weight excluding hydrogens is 340 g/mol. The summed E-state index contributed by atoms with van der Waals surface area (Å²) in [5, 5.41) is 0.641. The number of benzene rings is 2. The highest BCUT2D eigenvalue weighted by molar-refractivity contribution is 9.09. The van der Waals surface area contributed by atoms with Crippen LogP contribution in [-0.4, -0.2) is 19.5 Å². The molecule has 0 fully saturated rings. The number of alkyl halides is 1. The van der Waals surface area contributed by atoms with Gasteiger partial charge in [0.25, 0.3) is 0 Å². The minimum atomic E-state index is 0.641. The van der Waals surface area contributed by atoms with Crippen LogP contribution in [0.4, 0.5) is 0 Å². The van der Waals surface area contributed by atoms with Crippen molar-refractivity contribution in [1.29, 1.82) is 0 Å². The fraction of sp³-hybridized carbons (Fsp3) is 0.158. The first-order chi connectivity index (χ1) is 10.8. The smallest absolute Gasteiger partial charge is 0.123 e. The van der Waals surface area contributed by atoms with Gasteiger partial charge in [0.1, 0.15) is 11.5 Å². The molecule has 0 aliphatic carbocycles. The van der Waals surface area contributed by atoms with Crippen LogP contribution < -0.4 is 9.47 Å². The van der Waals surface area contributed by atoms with Crippen LogP contribution in [0.1, 0.15) is 16.7 Å². The van der Waals surface area contributed by atoms with Crippen LogP contribution in [0.3, 0.4) is 0 Å². The van der Waals surface area contributed by atoms with Gasteiger partial charge in [-0.2, -0.15) is 0 Å². The van der Waals surface area contributed by atoms with Gasteiger partial charge in [0.2, 0.25) is 0 Å². The average molecular weight is 355 g/mol. The van der Waals surface area contributed by atoms with Crippen molar-refractivity contribution in [3.8, 4) is 35.2 Å². The van der Waals surface area contributed by atoms with Gasteiger partial charge in [-0.25, -0.2) is 0 Å². The Balaban J connectivity index is 2.38. The number of rotatable bonds is 2. The van der Waals surface area contributed by atoms with Crippen LogP contribution in [0.25, 0.3) is 0 Å². The molecule has 0 saturated carbocycles. The summed E-state index contributed by atoms with van der Waals surface area (Å²) in [7, 11) is 3.24. The van der Waals surface area contributed by atoms with Gasteiger partial charge in [-0.1, -0.05) is 51.7 Å². The van der Waals surface area contributed by atoms with E-state index in [1.807, 2.05) is 42.5 Å². The summed E-state index contributed by atoms with van der Waals surface area (Å²) in [6, 6.07) is 13.4. The van der Waals surface area contributed by atoms with E-state index < -0.39 is 0 Å². The van der Waals surface area contributed by atoms with Crippen molar-refractivity contribution in [3.63, 3.8) is 0 Å². The third-order valence-electron chi connectivity index (χ3n) is 2.91. The maximum Gasteiger partial charge on any atom is 0.123 e. The molecule has 0 aromatic heterocycles. The zero-order chi connectivity index (χ0) is 15.8. The number of halogens is 1. The monoisotopic (exact) mass is 354 g/mol. The number of hydrogen-bond acceptors (Lipinski definition) is 2. The van der Waals surface area contributed by atoms with Crippen LogP contribution in [0.15, 0.2) is 42.5 Å². The Hall–Kier alpha value is -2.36. The van der Waals surface area contributed by atoms with Gasteiger partial charge in [0, 0.05) is 22.8 Å². The summed E-state index contributed by atoms with van der Waals surface area (Å²) in [6.07, 6.45) is 0. The van der Waals surface area contributed by atoms with Gasteiger partial charge in [-0.15, -0.1) is 0 Å². The molecule has 0 bridgehead atoms. The average Bonchev–Trinajstić information content (AvgIpc) is 2.58. The molecule has 2 aromatic rings. The minimum absolute atomic E-state index is 0.641. The molecule has 110 valence electrons. The van der Waals surface area contributed by atoms with Gasteiger partial charge >= 0.3 is 0 Å². The summed E-state index contributed by atoms with van der Waals surface area (Å²) < 4.78 is 10.5. The quantitative estimate of drug-likeness (QED) is 0.602. The molecule has 0 spiro atoms. The second kappa shape index (κ2) is 8.17. The maximum absolute atomic E-state index is 5.25. The lowest BCUT2D eigenvalue weighted by Crippen LogP contribution is -1.89. The predicted octanol–water partition coefficient (Wildman–Crippen LogP) is 3.85. The summed E-state index contributed by atoms with van der Waals surface area (Å²) >= 11 is 3.30. The lowest BCUT2D eigenvalue weighted by molar-refractivity contribution is 0.394. The van der Waals surface area contributed by atoms with Crippen molar-refractivity contribution in [2.75, 3.05) is 19.5 Å². The fourth-order valence-electron chi connectivity index (χ4n) is 1.85. The lowest BCUT2D eigenvalue weighted by Gasteiger charge is -2.04. The summed E-state index contributed by atoms with van der Waals surface area (Å²) in [4.78, 5) is 0. The van der Waals surface area contributed by atoms with Crippen LogP contribution in [0, 0.1) is 23.7 Å². The maximum atomic E-state index is 5.25. The van der Waals surface area contributed by atoms with E-state index in [9.17, 15) is 0 Å². The number of ether oxygens (including phenoxy) is 2. The third kappa shape index (κ3) is 4.32. The standard InChI is InChI=1S/C19H15BrO2/c1-21-18-12-15(13-19(14-18)22-2)9-10-17-7-4-3-6-16(17)8-5-11-20/h3-4,6-7,12-14H,11H2,1-2H3. The van der Waals surface area contributed by atoms with Crippen LogP contribution in [0.5, 0.6) is 11.5 Å². The molecule has 3 heteroatoms. The first kappa shape index (κ1) is 16.0. The molecule has 2 aromatic carbocycles. The van der Waals surface area contributed by atoms with Crippen molar-refractivity contribution in [1.82, 2.24) is 0 Å². The van der Waals surface area contributed by atoms with E-state index in [-0.39, 0.29) is 0 Å². The molecule has 2 rings (SSSR count). The molecule has 0 N–H and O–H groups in total. The van der Waals surface area contributed by atoms with Gasteiger partial charge in [0.15, 0.2) is 0 Å². The normalized spacial score (nSPS) is 9.05. The van der Waals surface area contributed by atoms with Crippen LogP contribution in [0.2, 0.25) is 0 Å². The van der Waals surface area contributed by atoms with Crippen molar-refractivity contribution in [2.24, 2.45) is 0 Å². The van der Waals surface area contributed by atoms with Crippen molar-refractivity contribution < 1.29 is 9.47 Å². The molecule has 22 heavy (non-hydrogen) atoms. The van der Waals surface area contributed by atoms with Gasteiger partial charge in [-0.3, -0.25) is 0 Å². The second-order valence-electron chi connectivity index (χ2n) is 4.33. The largest absolute Gasteiger partial charge is 0.497 e. The highest BCUT2D eigenvalue weighted by Crippen LogP contribution is 2.22. The van der Waals surface area contributed by atoms with Crippen LogP contribution in [-0.2, 0) is 0 Å². The molecule has 0 heterocycles. The van der Waals surface area contributed by atoms with Gasteiger partial charge in [-0.05, 0) is 24.3 Å². The number of methoxy groups -OCH3 is 2. The van der Waals surface area contributed by atoms with Gasteiger partial charge in [0.05, 0.1) is 19.5 Å². The van der Waals surface area contributed by atoms with E-state index in [1.54, 1.807) is 14.2 Å². The molecule has 0 saturated heterocycles. The van der Waals surface area contributed by atoms with Crippen molar-refractivity contribution in [2.45, 2.75) is 0 Å².